The minimum absolute atomic E-state index is 0.326. The summed E-state index contributed by atoms with van der Waals surface area (Å²) in [6.07, 6.45) is 1.49. The molecule has 0 unspecified atom stereocenters. The Morgan fingerprint density at radius 1 is 0.909 bits per heavy atom. The fourth-order valence-electron chi connectivity index (χ4n) is 3.24. The molecule has 0 bridgehead atoms. The van der Waals surface area contributed by atoms with Gasteiger partial charge in [0, 0.05) is 9.13 Å². The molecule has 0 fully saturated rings. The van der Waals surface area contributed by atoms with Crippen molar-refractivity contribution >= 4 is 51.5 Å². The summed E-state index contributed by atoms with van der Waals surface area (Å²) < 4.78 is 11.6. The first-order valence-corrected chi connectivity index (χ1v) is 11.1. The first-order valence-electron chi connectivity index (χ1n) is 10.0. The minimum atomic E-state index is -0.509. The van der Waals surface area contributed by atoms with Crippen LogP contribution in [0.2, 0.25) is 0 Å². The first-order chi connectivity index (χ1) is 16.1. The minimum Gasteiger partial charge on any atom is -0.497 e. The van der Waals surface area contributed by atoms with E-state index in [1.807, 2.05) is 42.5 Å². The van der Waals surface area contributed by atoms with E-state index < -0.39 is 5.97 Å². The lowest BCUT2D eigenvalue weighted by atomic mass is 10.0. The van der Waals surface area contributed by atoms with Gasteiger partial charge in [-0.3, -0.25) is 4.79 Å². The summed E-state index contributed by atoms with van der Waals surface area (Å²) in [5, 5.41) is 5.93. The summed E-state index contributed by atoms with van der Waals surface area (Å²) in [6.45, 7) is 0. The number of ether oxygens (including phenoxy) is 2. The molecule has 0 heterocycles. The predicted octanol–water partition coefficient (Wildman–Crippen LogP) is 5.44. The summed E-state index contributed by atoms with van der Waals surface area (Å²) in [5.74, 6) is 0.148. The molecule has 7 heteroatoms. The van der Waals surface area contributed by atoms with Crippen LogP contribution >= 0.6 is 22.6 Å². The number of rotatable bonds is 6. The van der Waals surface area contributed by atoms with E-state index >= 15 is 0 Å². The molecule has 0 aliphatic carbocycles. The third-order valence-electron chi connectivity index (χ3n) is 4.94. The maximum Gasteiger partial charge on any atom is 0.343 e. The van der Waals surface area contributed by atoms with Gasteiger partial charge in [0.2, 0.25) is 0 Å². The standard InChI is InChI=1S/C26H19IN2O4/c1-32-19-13-10-18(11-14-19)26(31)33-24-15-12-17-6-2-3-7-20(17)22(24)16-28-29-25(30)21-8-4-5-9-23(21)27/h2-16H,1H3,(H,29,30)/b28-16+. The summed E-state index contributed by atoms with van der Waals surface area (Å²) in [4.78, 5) is 25.2. The molecule has 0 radical (unpaired) electrons. The van der Waals surface area contributed by atoms with E-state index in [0.29, 0.717) is 28.2 Å². The van der Waals surface area contributed by atoms with E-state index in [1.54, 1.807) is 49.6 Å². The van der Waals surface area contributed by atoms with Gasteiger partial charge in [-0.2, -0.15) is 5.10 Å². The van der Waals surface area contributed by atoms with Crippen LogP contribution in [-0.4, -0.2) is 25.2 Å². The van der Waals surface area contributed by atoms with E-state index in [2.05, 4.69) is 33.1 Å². The van der Waals surface area contributed by atoms with Crippen LogP contribution in [0, 0.1) is 3.57 Å². The fourth-order valence-corrected chi connectivity index (χ4v) is 3.88. The second kappa shape index (κ2) is 10.3. The molecule has 0 aliphatic heterocycles. The number of benzene rings is 4. The number of fused-ring (bicyclic) bond motifs is 1. The largest absolute Gasteiger partial charge is 0.497 e. The number of hydrazone groups is 1. The molecule has 0 aromatic heterocycles. The summed E-state index contributed by atoms with van der Waals surface area (Å²) in [6, 6.07) is 25.1. The van der Waals surface area contributed by atoms with Crippen molar-refractivity contribution < 1.29 is 19.1 Å². The number of halogens is 1. The highest BCUT2D eigenvalue weighted by Crippen LogP contribution is 2.27. The highest BCUT2D eigenvalue weighted by atomic mass is 127. The van der Waals surface area contributed by atoms with Gasteiger partial charge in [0.15, 0.2) is 0 Å². The van der Waals surface area contributed by atoms with E-state index in [1.165, 1.54) is 6.21 Å². The first kappa shape index (κ1) is 22.5. The fraction of sp³-hybridized carbons (Fsp3) is 0.0385. The Balaban J connectivity index is 1.62. The van der Waals surface area contributed by atoms with Gasteiger partial charge in [0.05, 0.1) is 24.5 Å². The van der Waals surface area contributed by atoms with Gasteiger partial charge >= 0.3 is 5.97 Å². The van der Waals surface area contributed by atoms with Crippen LogP contribution in [0.5, 0.6) is 11.5 Å². The number of hydrogen-bond acceptors (Lipinski definition) is 5. The SMILES string of the molecule is COc1ccc(C(=O)Oc2ccc3ccccc3c2/C=N/NC(=O)c2ccccc2I)cc1. The normalized spacial score (nSPS) is 10.8. The Morgan fingerprint density at radius 2 is 1.64 bits per heavy atom. The molecule has 33 heavy (non-hydrogen) atoms. The van der Waals surface area contributed by atoms with Crippen molar-refractivity contribution in [3.8, 4) is 11.5 Å². The Hall–Kier alpha value is -3.72. The van der Waals surface area contributed by atoms with Crippen LogP contribution in [0.25, 0.3) is 10.8 Å². The third-order valence-corrected chi connectivity index (χ3v) is 5.88. The molecule has 1 amide bonds. The molecule has 164 valence electrons. The van der Waals surface area contributed by atoms with Gasteiger partial charge in [-0.05, 0) is 75.8 Å². The highest BCUT2D eigenvalue weighted by molar-refractivity contribution is 14.1. The highest BCUT2D eigenvalue weighted by Gasteiger charge is 2.14. The molecule has 0 aliphatic rings. The van der Waals surface area contributed by atoms with Crippen molar-refractivity contribution in [3.63, 3.8) is 0 Å². The molecule has 0 saturated carbocycles. The van der Waals surface area contributed by atoms with Crippen molar-refractivity contribution in [2.45, 2.75) is 0 Å². The Bertz CT molecular complexity index is 1350. The molecule has 0 atom stereocenters. The molecule has 4 rings (SSSR count). The zero-order valence-corrected chi connectivity index (χ0v) is 19.8. The van der Waals surface area contributed by atoms with Gasteiger partial charge in [-0.25, -0.2) is 10.2 Å². The molecule has 0 saturated heterocycles. The number of carbonyl (C=O) groups is 2. The topological polar surface area (TPSA) is 77.0 Å². The molecular formula is C26H19IN2O4. The van der Waals surface area contributed by atoms with Crippen molar-refractivity contribution in [1.82, 2.24) is 5.43 Å². The molecular weight excluding hydrogens is 531 g/mol. The second-order valence-corrected chi connectivity index (χ2v) is 8.16. The van der Waals surface area contributed by atoms with Gasteiger partial charge in [-0.1, -0.05) is 42.5 Å². The number of amides is 1. The van der Waals surface area contributed by atoms with Gasteiger partial charge in [-0.15, -0.1) is 0 Å². The van der Waals surface area contributed by atoms with Crippen LogP contribution in [-0.2, 0) is 0 Å². The number of nitrogens with one attached hydrogen (secondary N) is 1. The average molecular weight is 550 g/mol. The Labute approximate surface area is 204 Å². The van der Waals surface area contributed by atoms with Crippen LogP contribution in [0.1, 0.15) is 26.3 Å². The number of esters is 1. The van der Waals surface area contributed by atoms with E-state index in [0.717, 1.165) is 14.3 Å². The van der Waals surface area contributed by atoms with E-state index in [4.69, 9.17) is 9.47 Å². The maximum absolute atomic E-state index is 12.7. The van der Waals surface area contributed by atoms with E-state index in [9.17, 15) is 9.59 Å². The average Bonchev–Trinajstić information content (AvgIpc) is 2.85. The predicted molar refractivity (Wildman–Crippen MR) is 136 cm³/mol. The van der Waals surface area contributed by atoms with E-state index in [-0.39, 0.29) is 5.91 Å². The zero-order chi connectivity index (χ0) is 23.2. The quantitative estimate of drug-likeness (QED) is 0.114. The zero-order valence-electron chi connectivity index (χ0n) is 17.6. The number of nitrogens with zero attached hydrogens (tertiary/aromatic N) is 1. The summed E-state index contributed by atoms with van der Waals surface area (Å²) in [5.41, 5.74) is 4.05. The Morgan fingerprint density at radius 3 is 2.39 bits per heavy atom. The van der Waals surface area contributed by atoms with Gasteiger partial charge in [0.1, 0.15) is 11.5 Å². The smallest absolute Gasteiger partial charge is 0.343 e. The van der Waals surface area contributed by atoms with Crippen molar-refractivity contribution in [3.05, 3.63) is 105 Å². The molecule has 4 aromatic carbocycles. The second-order valence-electron chi connectivity index (χ2n) is 7.00. The lowest BCUT2D eigenvalue weighted by Gasteiger charge is -2.11. The summed E-state index contributed by atoms with van der Waals surface area (Å²) >= 11 is 2.10. The van der Waals surface area contributed by atoms with Crippen LogP contribution < -0.4 is 14.9 Å². The lowest BCUT2D eigenvalue weighted by Crippen LogP contribution is -2.19. The number of carbonyl (C=O) groups excluding carboxylic acids is 2. The van der Waals surface area contributed by atoms with Crippen LogP contribution in [0.4, 0.5) is 0 Å². The third kappa shape index (κ3) is 5.20. The van der Waals surface area contributed by atoms with Crippen molar-refractivity contribution in [1.29, 1.82) is 0 Å². The molecule has 6 nitrogen and oxygen atoms in total. The molecule has 1 N–H and O–H groups in total. The van der Waals surface area contributed by atoms with Crippen molar-refractivity contribution in [2.75, 3.05) is 7.11 Å². The maximum atomic E-state index is 12.7. The monoisotopic (exact) mass is 550 g/mol. The molecule has 4 aromatic rings. The number of methoxy groups -OCH3 is 1. The Kier molecular flexibility index (Phi) is 6.99. The van der Waals surface area contributed by atoms with Gasteiger partial charge in [0.25, 0.3) is 5.91 Å². The van der Waals surface area contributed by atoms with Crippen LogP contribution in [0.3, 0.4) is 0 Å². The molecule has 0 spiro atoms. The van der Waals surface area contributed by atoms with Gasteiger partial charge < -0.3 is 9.47 Å². The lowest BCUT2D eigenvalue weighted by molar-refractivity contribution is 0.0734. The van der Waals surface area contributed by atoms with Crippen molar-refractivity contribution in [2.24, 2.45) is 5.10 Å². The number of hydrogen-bond donors (Lipinski definition) is 1. The van der Waals surface area contributed by atoms with Crippen LogP contribution in [0.15, 0.2) is 90.0 Å². The summed E-state index contributed by atoms with van der Waals surface area (Å²) in [7, 11) is 1.56.